The molecule has 0 aliphatic carbocycles. The first-order valence-corrected chi connectivity index (χ1v) is 10.1. The van der Waals surface area contributed by atoms with E-state index in [2.05, 4.69) is 0 Å². The van der Waals surface area contributed by atoms with Gasteiger partial charge in [-0.15, -0.1) is 0 Å². The zero-order valence-electron chi connectivity index (χ0n) is 17.1. The average molecular weight is 402 g/mol. The first-order chi connectivity index (χ1) is 14.5. The number of ketones is 1. The van der Waals surface area contributed by atoms with Crippen molar-refractivity contribution in [2.45, 2.75) is 31.2 Å². The summed E-state index contributed by atoms with van der Waals surface area (Å²) in [5.41, 5.74) is 7.42. The van der Waals surface area contributed by atoms with Crippen molar-refractivity contribution in [1.29, 1.82) is 0 Å². The summed E-state index contributed by atoms with van der Waals surface area (Å²) in [6.45, 7) is 1.88. The highest BCUT2D eigenvalue weighted by Crippen LogP contribution is 2.41. The highest BCUT2D eigenvalue weighted by Gasteiger charge is 2.43. The molecule has 30 heavy (non-hydrogen) atoms. The maximum absolute atomic E-state index is 14.0. The van der Waals surface area contributed by atoms with Gasteiger partial charge in [0.1, 0.15) is 11.5 Å². The molecule has 3 aromatic rings. The molecule has 1 unspecified atom stereocenters. The van der Waals surface area contributed by atoms with Gasteiger partial charge in [-0.05, 0) is 29.0 Å². The lowest BCUT2D eigenvalue weighted by Gasteiger charge is -2.35. The Balaban J connectivity index is 2.14. The maximum atomic E-state index is 14.0. The summed E-state index contributed by atoms with van der Waals surface area (Å²) < 4.78 is 0. The van der Waals surface area contributed by atoms with Crippen LogP contribution in [0.1, 0.15) is 36.5 Å². The summed E-state index contributed by atoms with van der Waals surface area (Å²) in [5.74, 6) is -1.19. The maximum Gasteiger partial charge on any atom is 0.320 e. The average Bonchev–Trinajstić information content (AvgIpc) is 2.76. The zero-order chi connectivity index (χ0) is 21.6. The molecule has 0 amide bonds. The van der Waals surface area contributed by atoms with Crippen LogP contribution in [-0.4, -0.2) is 22.9 Å². The second kappa shape index (κ2) is 9.51. The van der Waals surface area contributed by atoms with Crippen molar-refractivity contribution < 1.29 is 14.7 Å². The van der Waals surface area contributed by atoms with E-state index in [1.807, 2.05) is 97.9 Å². The van der Waals surface area contributed by atoms with Gasteiger partial charge in [0.25, 0.3) is 0 Å². The van der Waals surface area contributed by atoms with Crippen LogP contribution in [0.5, 0.6) is 0 Å². The Hall–Kier alpha value is -3.24. The van der Waals surface area contributed by atoms with Gasteiger partial charge >= 0.3 is 5.97 Å². The molecule has 0 aliphatic rings. The fraction of sp³-hybridized carbons (Fsp3) is 0.231. The van der Waals surface area contributed by atoms with Crippen LogP contribution in [0.4, 0.5) is 0 Å². The van der Waals surface area contributed by atoms with E-state index >= 15 is 0 Å². The molecule has 0 aliphatic heterocycles. The second-order valence-electron chi connectivity index (χ2n) is 7.76. The minimum absolute atomic E-state index is 0.0242. The third-order valence-electron chi connectivity index (χ3n) is 5.55. The number of aliphatic carboxylic acids is 1. The normalized spacial score (nSPS) is 13.4. The molecule has 3 rings (SSSR count). The molecule has 0 fully saturated rings. The predicted molar refractivity (Wildman–Crippen MR) is 118 cm³/mol. The highest BCUT2D eigenvalue weighted by atomic mass is 16.4. The van der Waals surface area contributed by atoms with Crippen molar-refractivity contribution in [2.24, 2.45) is 11.7 Å². The van der Waals surface area contributed by atoms with Crippen molar-refractivity contribution in [3.8, 4) is 0 Å². The van der Waals surface area contributed by atoms with Crippen LogP contribution < -0.4 is 5.73 Å². The van der Waals surface area contributed by atoms with Crippen LogP contribution in [0.15, 0.2) is 91.0 Å². The van der Waals surface area contributed by atoms with Crippen LogP contribution in [0.3, 0.4) is 0 Å². The molecule has 2 atom stereocenters. The lowest BCUT2D eigenvalue weighted by Crippen LogP contribution is -2.40. The van der Waals surface area contributed by atoms with Gasteiger partial charge in [-0.3, -0.25) is 9.59 Å². The number of carbonyl (C=O) groups is 2. The van der Waals surface area contributed by atoms with Crippen LogP contribution in [0.2, 0.25) is 0 Å². The number of nitrogens with two attached hydrogens (primary N) is 1. The van der Waals surface area contributed by atoms with Crippen molar-refractivity contribution in [3.63, 3.8) is 0 Å². The lowest BCUT2D eigenvalue weighted by molar-refractivity contribution is -0.139. The van der Waals surface area contributed by atoms with Gasteiger partial charge in [-0.1, -0.05) is 97.9 Å². The summed E-state index contributed by atoms with van der Waals surface area (Å²) in [6.07, 6.45) is 0.467. The number of carboxylic acids is 1. The van der Waals surface area contributed by atoms with E-state index in [1.165, 1.54) is 0 Å². The molecular weight excluding hydrogens is 374 g/mol. The number of rotatable bonds is 9. The van der Waals surface area contributed by atoms with Gasteiger partial charge in [0.05, 0.1) is 0 Å². The topological polar surface area (TPSA) is 80.4 Å². The number of carbonyl (C=O) groups excluding carboxylic acids is 1. The minimum Gasteiger partial charge on any atom is -0.480 e. The van der Waals surface area contributed by atoms with E-state index in [0.717, 1.165) is 16.7 Å². The van der Waals surface area contributed by atoms with E-state index in [1.54, 1.807) is 0 Å². The molecular formula is C26H27NO3. The molecule has 0 saturated heterocycles. The Morgan fingerprint density at radius 2 is 1.17 bits per heavy atom. The van der Waals surface area contributed by atoms with Gasteiger partial charge < -0.3 is 10.8 Å². The molecule has 4 heteroatoms. The molecule has 3 aromatic carbocycles. The van der Waals surface area contributed by atoms with Crippen molar-refractivity contribution in [1.82, 2.24) is 0 Å². The Morgan fingerprint density at radius 3 is 1.50 bits per heavy atom. The molecule has 0 aromatic heterocycles. The van der Waals surface area contributed by atoms with E-state index in [0.29, 0.717) is 0 Å². The largest absolute Gasteiger partial charge is 0.480 e. The summed E-state index contributed by atoms with van der Waals surface area (Å²) in [5, 5.41) is 9.15. The van der Waals surface area contributed by atoms with E-state index < -0.39 is 17.4 Å². The Morgan fingerprint density at radius 1 is 0.800 bits per heavy atom. The summed E-state index contributed by atoms with van der Waals surface area (Å²) >= 11 is 0. The van der Waals surface area contributed by atoms with Crippen molar-refractivity contribution in [2.75, 3.05) is 0 Å². The van der Waals surface area contributed by atoms with Crippen molar-refractivity contribution in [3.05, 3.63) is 108 Å². The molecule has 0 heterocycles. The third kappa shape index (κ3) is 4.34. The summed E-state index contributed by atoms with van der Waals surface area (Å²) in [4.78, 5) is 25.2. The van der Waals surface area contributed by atoms with Gasteiger partial charge in [-0.2, -0.15) is 0 Å². The molecule has 0 radical (unpaired) electrons. The summed E-state index contributed by atoms with van der Waals surface area (Å²) in [7, 11) is 0. The quantitative estimate of drug-likeness (QED) is 0.520. The van der Waals surface area contributed by atoms with Crippen LogP contribution in [0.25, 0.3) is 0 Å². The Labute approximate surface area is 177 Å². The van der Waals surface area contributed by atoms with Gasteiger partial charge in [0, 0.05) is 6.42 Å². The van der Waals surface area contributed by atoms with E-state index in [4.69, 9.17) is 10.8 Å². The molecule has 154 valence electrons. The third-order valence-corrected chi connectivity index (χ3v) is 5.55. The number of carboxylic acid groups (broad SMARTS) is 1. The summed E-state index contributed by atoms with van der Waals surface area (Å²) in [6, 6.07) is 28.3. The number of hydrogen-bond donors (Lipinski definition) is 2. The van der Waals surface area contributed by atoms with E-state index in [9.17, 15) is 9.59 Å². The van der Waals surface area contributed by atoms with Gasteiger partial charge in [-0.25, -0.2) is 0 Å². The smallest absolute Gasteiger partial charge is 0.320 e. The predicted octanol–water partition coefficient (Wildman–Crippen LogP) is 4.42. The first-order valence-electron chi connectivity index (χ1n) is 10.1. The first kappa shape index (κ1) is 21.5. The van der Waals surface area contributed by atoms with Gasteiger partial charge in [0.2, 0.25) is 0 Å². The standard InChI is InChI=1S/C26H27NO3/c1-19(17-23(27)25(29)30)18-24(28)26(20-11-5-2-6-12-20,21-13-7-3-8-14-21)22-15-9-4-10-16-22/h2-16,19,23H,17-18,27H2,1H3,(H,29,30)/t19?,23-/m1/s1. The van der Waals surface area contributed by atoms with E-state index in [-0.39, 0.29) is 24.5 Å². The van der Waals surface area contributed by atoms with Crippen molar-refractivity contribution >= 4 is 11.8 Å². The number of Topliss-reactive ketones (excluding diaryl/α,β-unsaturated/α-hetero) is 1. The number of hydrogen-bond acceptors (Lipinski definition) is 3. The fourth-order valence-electron chi connectivity index (χ4n) is 4.13. The Bertz CT molecular complexity index is 874. The van der Waals surface area contributed by atoms with Crippen LogP contribution in [0, 0.1) is 5.92 Å². The SMILES string of the molecule is CC(CC(=O)C(c1ccccc1)(c1ccccc1)c1ccccc1)C[C@@H](N)C(=O)O. The van der Waals surface area contributed by atoms with Crippen LogP contribution in [-0.2, 0) is 15.0 Å². The Kier molecular flexibility index (Phi) is 6.80. The van der Waals surface area contributed by atoms with Gasteiger partial charge in [0.15, 0.2) is 5.78 Å². The minimum atomic E-state index is -1.05. The monoisotopic (exact) mass is 401 g/mol. The highest BCUT2D eigenvalue weighted by molar-refractivity contribution is 5.97. The molecule has 0 saturated carbocycles. The van der Waals surface area contributed by atoms with Crippen LogP contribution >= 0.6 is 0 Å². The molecule has 3 N–H and O–H groups in total. The zero-order valence-corrected chi connectivity index (χ0v) is 17.1. The second-order valence-corrected chi connectivity index (χ2v) is 7.76. The lowest BCUT2D eigenvalue weighted by atomic mass is 9.65. The molecule has 0 bridgehead atoms. The molecule has 4 nitrogen and oxygen atoms in total. The number of benzene rings is 3. The molecule has 0 spiro atoms. The fourth-order valence-corrected chi connectivity index (χ4v) is 4.13.